The number of fused-ring (bicyclic) bond motifs is 1. The molecule has 3 rings (SSSR count). The van der Waals surface area contributed by atoms with Crippen LogP contribution in [0.4, 0.5) is 0 Å². The van der Waals surface area contributed by atoms with E-state index in [4.69, 9.17) is 14.5 Å². The number of quaternary nitrogens is 1. The zero-order valence-electron chi connectivity index (χ0n) is 14.8. The maximum absolute atomic E-state index is 11.3. The highest BCUT2D eigenvalue weighted by molar-refractivity contribution is 5.75. The van der Waals surface area contributed by atoms with Crippen molar-refractivity contribution in [2.24, 2.45) is 0 Å². The van der Waals surface area contributed by atoms with Gasteiger partial charge in [-0.1, -0.05) is 0 Å². The number of hydrogen-bond donors (Lipinski definition) is 0. The summed E-state index contributed by atoms with van der Waals surface area (Å²) in [5.74, 6) is 0.217. The van der Waals surface area contributed by atoms with Crippen molar-refractivity contribution in [3.63, 3.8) is 0 Å². The van der Waals surface area contributed by atoms with Crippen LogP contribution < -0.4 is 0 Å². The van der Waals surface area contributed by atoms with Crippen molar-refractivity contribution >= 4 is 5.78 Å². The van der Waals surface area contributed by atoms with Gasteiger partial charge in [-0.25, -0.2) is 4.89 Å². The molecule has 5 nitrogen and oxygen atoms in total. The fraction of sp³-hybridized carbons (Fsp3) is 0.941. The molecule has 3 saturated heterocycles. The first kappa shape index (κ1) is 16.4. The molecule has 0 aromatic rings. The third-order valence-electron chi connectivity index (χ3n) is 6.43. The summed E-state index contributed by atoms with van der Waals surface area (Å²) in [6, 6.07) is 0. The highest BCUT2D eigenvalue weighted by atomic mass is 17.3. The first-order valence-corrected chi connectivity index (χ1v) is 8.37. The van der Waals surface area contributed by atoms with E-state index >= 15 is 0 Å². The Morgan fingerprint density at radius 3 is 2.23 bits per heavy atom. The SMILES string of the molecule is COC1CC(C)(C)[N+]2(CC23OOC3CCC(C)=O)C(C)(C)C1. The van der Waals surface area contributed by atoms with Crippen LogP contribution in [-0.2, 0) is 19.3 Å². The van der Waals surface area contributed by atoms with Gasteiger partial charge in [-0.05, 0) is 41.0 Å². The number of carbonyl (C=O) groups excluding carboxylic acids is 1. The number of hydrogen-bond acceptors (Lipinski definition) is 4. The van der Waals surface area contributed by atoms with Gasteiger partial charge in [0.2, 0.25) is 0 Å². The number of methoxy groups -OCH3 is 1. The summed E-state index contributed by atoms with van der Waals surface area (Å²) in [5.41, 5.74) is -0.109. The van der Waals surface area contributed by atoms with Crippen LogP contribution in [-0.4, -0.2) is 52.9 Å². The zero-order chi connectivity index (χ0) is 16.4. The fourth-order valence-electron chi connectivity index (χ4n) is 5.51. The number of Topliss-reactive ketones (excluding diaryl/α,β-unsaturated/α-hetero) is 1. The third kappa shape index (κ3) is 1.89. The highest BCUT2D eigenvalue weighted by Gasteiger charge is 2.90. The number of nitrogens with zero attached hydrogens (tertiary/aromatic N) is 1. The second-order valence-electron chi connectivity index (χ2n) is 8.61. The lowest BCUT2D eigenvalue weighted by Crippen LogP contribution is -2.72. The van der Waals surface area contributed by atoms with E-state index in [2.05, 4.69) is 27.7 Å². The lowest BCUT2D eigenvalue weighted by Gasteiger charge is -2.56. The summed E-state index contributed by atoms with van der Waals surface area (Å²) in [5, 5.41) is 0. The van der Waals surface area contributed by atoms with Crippen molar-refractivity contribution in [3.05, 3.63) is 0 Å². The Kier molecular flexibility index (Phi) is 3.54. The average Bonchev–Trinajstić information content (AvgIpc) is 3.09. The Labute approximate surface area is 133 Å². The molecule has 0 N–H and O–H groups in total. The number of ether oxygens (including phenoxy) is 1. The minimum Gasteiger partial charge on any atom is -0.381 e. The third-order valence-corrected chi connectivity index (χ3v) is 6.43. The quantitative estimate of drug-likeness (QED) is 0.455. The predicted octanol–water partition coefficient (Wildman–Crippen LogP) is 2.58. The van der Waals surface area contributed by atoms with Crippen molar-refractivity contribution in [2.45, 2.75) is 89.3 Å². The normalized spacial score (nSPS) is 38.0. The van der Waals surface area contributed by atoms with Crippen LogP contribution in [0.1, 0.15) is 60.3 Å². The van der Waals surface area contributed by atoms with Gasteiger partial charge in [0.25, 0.3) is 0 Å². The van der Waals surface area contributed by atoms with E-state index in [1.54, 1.807) is 6.92 Å². The Bertz CT molecular complexity index is 469. The zero-order valence-corrected chi connectivity index (χ0v) is 14.8. The molecule has 0 amide bonds. The largest absolute Gasteiger partial charge is 0.381 e. The molecule has 2 spiro atoms. The van der Waals surface area contributed by atoms with Crippen molar-refractivity contribution < 1.29 is 23.8 Å². The van der Waals surface area contributed by atoms with Gasteiger partial charge in [0, 0.05) is 26.4 Å². The number of carbonyl (C=O) groups is 1. The van der Waals surface area contributed by atoms with E-state index in [9.17, 15) is 4.79 Å². The molecule has 0 aromatic carbocycles. The van der Waals surface area contributed by atoms with E-state index in [0.29, 0.717) is 12.5 Å². The van der Waals surface area contributed by atoms with Crippen molar-refractivity contribution in [3.8, 4) is 0 Å². The Hall–Kier alpha value is -0.490. The van der Waals surface area contributed by atoms with Gasteiger partial charge in [-0.15, -0.1) is 0 Å². The minimum absolute atomic E-state index is 0.0362. The fourth-order valence-corrected chi connectivity index (χ4v) is 5.51. The van der Waals surface area contributed by atoms with E-state index in [1.807, 2.05) is 7.11 Å². The summed E-state index contributed by atoms with van der Waals surface area (Å²) in [7, 11) is 1.81. The first-order valence-electron chi connectivity index (χ1n) is 8.37. The smallest absolute Gasteiger partial charge is 0.312 e. The molecule has 5 heteroatoms. The van der Waals surface area contributed by atoms with Gasteiger partial charge in [0.1, 0.15) is 5.78 Å². The van der Waals surface area contributed by atoms with Crippen LogP contribution in [0.2, 0.25) is 0 Å². The first-order chi connectivity index (χ1) is 10.1. The Balaban J connectivity index is 1.86. The van der Waals surface area contributed by atoms with E-state index in [0.717, 1.165) is 30.3 Å². The summed E-state index contributed by atoms with van der Waals surface area (Å²) in [4.78, 5) is 22.5. The van der Waals surface area contributed by atoms with Crippen molar-refractivity contribution in [1.82, 2.24) is 0 Å². The molecule has 3 aliphatic heterocycles. The molecule has 0 aliphatic carbocycles. The van der Waals surface area contributed by atoms with Crippen LogP contribution in [0.25, 0.3) is 0 Å². The molecule has 3 aliphatic rings. The molecule has 0 bridgehead atoms. The molecule has 126 valence electrons. The maximum atomic E-state index is 11.3. The van der Waals surface area contributed by atoms with E-state index < -0.39 is 0 Å². The lowest BCUT2D eigenvalue weighted by molar-refractivity contribution is -0.972. The molecular weight excluding hydrogens is 282 g/mol. The number of piperidine rings is 1. The van der Waals surface area contributed by atoms with Gasteiger partial charge in [-0.3, -0.25) is 4.48 Å². The topological polar surface area (TPSA) is 44.8 Å². The minimum atomic E-state index is -0.249. The molecule has 3 fully saturated rings. The van der Waals surface area contributed by atoms with E-state index in [-0.39, 0.29) is 28.7 Å². The highest BCUT2D eigenvalue weighted by Crippen LogP contribution is 2.67. The number of rotatable bonds is 4. The standard InChI is InChI=1S/C17H30NO4/c1-12(19)7-8-14-17(22-21-14)11-18(17)15(2,3)9-13(20-6)10-16(18,4)5/h13-14H,7-11H2,1-6H3/q+1. The number of ketones is 1. The van der Waals surface area contributed by atoms with Crippen LogP contribution in [0, 0.1) is 0 Å². The lowest BCUT2D eigenvalue weighted by atomic mass is 9.77. The molecule has 2 atom stereocenters. The molecule has 22 heavy (non-hydrogen) atoms. The monoisotopic (exact) mass is 312 g/mol. The van der Waals surface area contributed by atoms with Crippen LogP contribution in [0.15, 0.2) is 0 Å². The summed E-state index contributed by atoms with van der Waals surface area (Å²) < 4.78 is 6.61. The average molecular weight is 312 g/mol. The maximum Gasteiger partial charge on any atom is 0.312 e. The summed E-state index contributed by atoms with van der Waals surface area (Å²) in [6.07, 6.45) is 3.71. The summed E-state index contributed by atoms with van der Waals surface area (Å²) >= 11 is 0. The van der Waals surface area contributed by atoms with Crippen molar-refractivity contribution in [1.29, 1.82) is 0 Å². The van der Waals surface area contributed by atoms with Crippen molar-refractivity contribution in [2.75, 3.05) is 13.7 Å². The van der Waals surface area contributed by atoms with Crippen LogP contribution in [0.3, 0.4) is 0 Å². The predicted molar refractivity (Wildman–Crippen MR) is 81.9 cm³/mol. The molecule has 0 saturated carbocycles. The summed E-state index contributed by atoms with van der Waals surface area (Å²) in [6.45, 7) is 11.9. The molecular formula is C17H30NO4+. The van der Waals surface area contributed by atoms with Gasteiger partial charge < -0.3 is 9.53 Å². The van der Waals surface area contributed by atoms with Gasteiger partial charge in [0.05, 0.1) is 17.2 Å². The second kappa shape index (κ2) is 4.76. The van der Waals surface area contributed by atoms with Gasteiger partial charge in [0.15, 0.2) is 12.6 Å². The second-order valence-corrected chi connectivity index (χ2v) is 8.61. The molecule has 0 radical (unpaired) electrons. The molecule has 3 heterocycles. The molecule has 2 unspecified atom stereocenters. The van der Waals surface area contributed by atoms with Gasteiger partial charge >= 0.3 is 5.72 Å². The molecule has 0 aromatic heterocycles. The van der Waals surface area contributed by atoms with Crippen LogP contribution >= 0.6 is 0 Å². The Morgan fingerprint density at radius 1 is 1.23 bits per heavy atom. The van der Waals surface area contributed by atoms with Gasteiger partial charge in [-0.2, -0.15) is 4.89 Å². The van der Waals surface area contributed by atoms with E-state index in [1.165, 1.54) is 0 Å². The van der Waals surface area contributed by atoms with Crippen LogP contribution in [0.5, 0.6) is 0 Å². The Morgan fingerprint density at radius 2 is 1.82 bits per heavy atom.